The first kappa shape index (κ1) is 22.5. The number of thioether (sulfide) groups is 1. The molecular weight excluding hydrogens is 414 g/mol. The van der Waals surface area contributed by atoms with Crippen molar-refractivity contribution in [3.63, 3.8) is 0 Å². The number of thiazole rings is 1. The second kappa shape index (κ2) is 10.1. The van der Waals surface area contributed by atoms with Gasteiger partial charge in [-0.25, -0.2) is 4.98 Å². The van der Waals surface area contributed by atoms with Crippen LogP contribution >= 0.6 is 35.5 Å². The fraction of sp³-hybridized carbons (Fsp3) is 0.300. The van der Waals surface area contributed by atoms with Gasteiger partial charge in [-0.2, -0.15) is 0 Å². The number of methoxy groups -OCH3 is 1. The highest BCUT2D eigenvalue weighted by Crippen LogP contribution is 2.32. The summed E-state index contributed by atoms with van der Waals surface area (Å²) in [4.78, 5) is 22.9. The van der Waals surface area contributed by atoms with E-state index < -0.39 is 0 Å². The van der Waals surface area contributed by atoms with Gasteiger partial charge < -0.3 is 9.64 Å². The highest BCUT2D eigenvalue weighted by Gasteiger charge is 2.21. The predicted octanol–water partition coefficient (Wildman–Crippen LogP) is 4.66. The molecule has 150 valence electrons. The van der Waals surface area contributed by atoms with Crippen molar-refractivity contribution < 1.29 is 9.53 Å². The van der Waals surface area contributed by atoms with E-state index in [-0.39, 0.29) is 18.3 Å². The molecule has 1 amide bonds. The number of fused-ring (bicyclic) bond motifs is 1. The van der Waals surface area contributed by atoms with E-state index in [2.05, 4.69) is 4.90 Å². The molecule has 0 saturated heterocycles. The molecule has 8 heteroatoms. The van der Waals surface area contributed by atoms with Crippen molar-refractivity contribution in [3.05, 3.63) is 48.0 Å². The highest BCUT2D eigenvalue weighted by atomic mass is 35.5. The van der Waals surface area contributed by atoms with Crippen molar-refractivity contribution in [1.82, 2.24) is 9.88 Å². The summed E-state index contributed by atoms with van der Waals surface area (Å²) in [5.41, 5.74) is 1.55. The summed E-state index contributed by atoms with van der Waals surface area (Å²) in [5.74, 6) is 0.760. The molecule has 3 rings (SSSR count). The summed E-state index contributed by atoms with van der Waals surface area (Å²) in [6.07, 6.45) is 2.01. The van der Waals surface area contributed by atoms with Crippen LogP contribution in [0.5, 0.6) is 5.75 Å². The molecule has 0 N–H and O–H groups in total. The van der Waals surface area contributed by atoms with Crippen LogP contribution in [-0.4, -0.2) is 56.3 Å². The SMILES string of the molecule is COc1ccc2nc(N(CCN(C)C)C(=O)c3cccc(SC)c3)sc2c1.Cl. The van der Waals surface area contributed by atoms with Crippen molar-refractivity contribution in [2.45, 2.75) is 4.90 Å². The van der Waals surface area contributed by atoms with Crippen LogP contribution in [0.1, 0.15) is 10.4 Å². The molecule has 1 aromatic heterocycles. The van der Waals surface area contributed by atoms with Crippen LogP contribution < -0.4 is 9.64 Å². The van der Waals surface area contributed by atoms with E-state index in [0.29, 0.717) is 17.2 Å². The van der Waals surface area contributed by atoms with E-state index in [9.17, 15) is 4.79 Å². The Balaban J connectivity index is 0.00000280. The third kappa shape index (κ3) is 5.17. The third-order valence-electron chi connectivity index (χ3n) is 4.15. The molecule has 5 nitrogen and oxygen atoms in total. The third-order valence-corrected chi connectivity index (χ3v) is 5.91. The Morgan fingerprint density at radius 2 is 1.96 bits per heavy atom. The second-order valence-corrected chi connectivity index (χ2v) is 8.21. The smallest absolute Gasteiger partial charge is 0.260 e. The number of halogens is 1. The molecule has 2 aromatic carbocycles. The van der Waals surface area contributed by atoms with Gasteiger partial charge in [0.1, 0.15) is 5.75 Å². The fourth-order valence-corrected chi connectivity index (χ4v) is 4.11. The van der Waals surface area contributed by atoms with Gasteiger partial charge >= 0.3 is 0 Å². The van der Waals surface area contributed by atoms with E-state index in [0.717, 1.165) is 27.4 Å². The minimum Gasteiger partial charge on any atom is -0.497 e. The Morgan fingerprint density at radius 3 is 2.64 bits per heavy atom. The van der Waals surface area contributed by atoms with Gasteiger partial charge in [-0.05, 0) is 56.7 Å². The van der Waals surface area contributed by atoms with Crippen LogP contribution in [0.3, 0.4) is 0 Å². The van der Waals surface area contributed by atoms with Gasteiger partial charge in [0.05, 0.1) is 17.3 Å². The zero-order valence-corrected chi connectivity index (χ0v) is 18.8. The van der Waals surface area contributed by atoms with Crippen molar-refractivity contribution >= 4 is 56.8 Å². The number of carbonyl (C=O) groups is 1. The van der Waals surface area contributed by atoms with Crippen LogP contribution in [0, 0.1) is 0 Å². The average molecular weight is 438 g/mol. The van der Waals surface area contributed by atoms with E-state index in [1.165, 1.54) is 11.3 Å². The first-order valence-corrected chi connectivity index (χ1v) is 10.6. The van der Waals surface area contributed by atoms with Crippen molar-refractivity contribution in [2.75, 3.05) is 45.5 Å². The Bertz CT molecular complexity index is 946. The lowest BCUT2D eigenvalue weighted by atomic mass is 10.2. The highest BCUT2D eigenvalue weighted by molar-refractivity contribution is 7.98. The molecule has 0 aliphatic heterocycles. The summed E-state index contributed by atoms with van der Waals surface area (Å²) in [6.45, 7) is 1.33. The molecule has 0 unspecified atom stereocenters. The van der Waals surface area contributed by atoms with E-state index in [1.54, 1.807) is 23.8 Å². The first-order chi connectivity index (χ1) is 13.0. The fourth-order valence-electron chi connectivity index (χ4n) is 2.63. The van der Waals surface area contributed by atoms with E-state index in [1.807, 2.05) is 62.8 Å². The molecular formula is C20H24ClN3O2S2. The molecule has 0 saturated carbocycles. The van der Waals surface area contributed by atoms with Crippen molar-refractivity contribution in [2.24, 2.45) is 0 Å². The first-order valence-electron chi connectivity index (χ1n) is 8.57. The Morgan fingerprint density at radius 1 is 1.18 bits per heavy atom. The average Bonchev–Trinajstić information content (AvgIpc) is 3.10. The van der Waals surface area contributed by atoms with Crippen LogP contribution in [0.2, 0.25) is 0 Å². The maximum Gasteiger partial charge on any atom is 0.260 e. The van der Waals surface area contributed by atoms with E-state index in [4.69, 9.17) is 9.72 Å². The van der Waals surface area contributed by atoms with Gasteiger partial charge in [0.2, 0.25) is 0 Å². The number of benzene rings is 2. The van der Waals surface area contributed by atoms with Crippen LogP contribution in [0.15, 0.2) is 47.4 Å². The summed E-state index contributed by atoms with van der Waals surface area (Å²) >= 11 is 3.14. The summed E-state index contributed by atoms with van der Waals surface area (Å²) < 4.78 is 6.31. The quantitative estimate of drug-likeness (QED) is 0.503. The normalized spacial score (nSPS) is 10.8. The second-order valence-electron chi connectivity index (χ2n) is 6.32. The van der Waals surface area contributed by atoms with Gasteiger partial charge in [0, 0.05) is 23.5 Å². The Kier molecular flexibility index (Phi) is 8.12. The van der Waals surface area contributed by atoms with Gasteiger partial charge in [0.25, 0.3) is 5.91 Å². The Labute approximate surface area is 180 Å². The predicted molar refractivity (Wildman–Crippen MR) is 122 cm³/mol. The minimum absolute atomic E-state index is 0. The number of likely N-dealkylation sites (N-methyl/N-ethyl adjacent to an activating group) is 1. The molecule has 1 heterocycles. The van der Waals surface area contributed by atoms with Crippen molar-refractivity contribution in [1.29, 1.82) is 0 Å². The lowest BCUT2D eigenvalue weighted by molar-refractivity contribution is 0.0985. The molecule has 3 aromatic rings. The minimum atomic E-state index is -0.0289. The van der Waals surface area contributed by atoms with Gasteiger partial charge in [0.15, 0.2) is 5.13 Å². The maximum atomic E-state index is 13.3. The molecule has 0 aliphatic rings. The van der Waals surface area contributed by atoms with Crippen LogP contribution in [0.25, 0.3) is 10.2 Å². The monoisotopic (exact) mass is 437 g/mol. The summed E-state index contributed by atoms with van der Waals surface area (Å²) in [5, 5.41) is 0.708. The topological polar surface area (TPSA) is 45.7 Å². The largest absolute Gasteiger partial charge is 0.497 e. The molecule has 28 heavy (non-hydrogen) atoms. The number of aromatic nitrogens is 1. The van der Waals surface area contributed by atoms with Crippen LogP contribution in [-0.2, 0) is 0 Å². The van der Waals surface area contributed by atoms with Crippen molar-refractivity contribution in [3.8, 4) is 5.75 Å². The van der Waals surface area contributed by atoms with E-state index >= 15 is 0 Å². The molecule has 0 radical (unpaired) electrons. The number of anilines is 1. The number of carbonyl (C=O) groups excluding carboxylic acids is 1. The van der Waals surface area contributed by atoms with Gasteiger partial charge in [-0.3, -0.25) is 9.69 Å². The standard InChI is InChI=1S/C20H23N3O2S2.ClH/c1-22(2)10-11-23(19(24)14-6-5-7-16(12-14)26-4)20-21-17-9-8-15(25-3)13-18(17)27-20;/h5-9,12-13H,10-11H2,1-4H3;1H. The number of hydrogen-bond donors (Lipinski definition) is 0. The number of rotatable bonds is 7. The number of ether oxygens (including phenoxy) is 1. The molecule has 0 aliphatic carbocycles. The lowest BCUT2D eigenvalue weighted by Gasteiger charge is -2.22. The zero-order valence-electron chi connectivity index (χ0n) is 16.3. The molecule has 0 atom stereocenters. The summed E-state index contributed by atoms with van der Waals surface area (Å²) in [6, 6.07) is 13.5. The zero-order chi connectivity index (χ0) is 19.4. The van der Waals surface area contributed by atoms with Gasteiger partial charge in [-0.15, -0.1) is 24.2 Å². The molecule has 0 bridgehead atoms. The molecule has 0 spiro atoms. The maximum absolute atomic E-state index is 13.3. The number of amides is 1. The number of nitrogens with zero attached hydrogens (tertiary/aromatic N) is 3. The van der Waals surface area contributed by atoms with Crippen LogP contribution in [0.4, 0.5) is 5.13 Å². The Hall–Kier alpha value is -1.80. The summed E-state index contributed by atoms with van der Waals surface area (Å²) in [7, 11) is 5.65. The van der Waals surface area contributed by atoms with Gasteiger partial charge in [-0.1, -0.05) is 17.4 Å². The lowest BCUT2D eigenvalue weighted by Crippen LogP contribution is -2.36. The number of hydrogen-bond acceptors (Lipinski definition) is 6. The molecule has 0 fully saturated rings.